The lowest BCUT2D eigenvalue weighted by Gasteiger charge is -2.12. The van der Waals surface area contributed by atoms with E-state index in [-0.39, 0.29) is 17.1 Å². The third-order valence-corrected chi connectivity index (χ3v) is 2.61. The van der Waals surface area contributed by atoms with E-state index in [9.17, 15) is 18.0 Å². The zero-order valence-corrected chi connectivity index (χ0v) is 10.2. The Hall–Kier alpha value is -2.51. The number of methoxy groups -OCH3 is 1. The molecule has 0 saturated carbocycles. The summed E-state index contributed by atoms with van der Waals surface area (Å²) >= 11 is 0. The monoisotopic (exact) mass is 286 g/mol. The topological polar surface area (TPSA) is 75.2 Å². The van der Waals surface area contributed by atoms with Crippen molar-refractivity contribution >= 4 is 5.97 Å². The number of carbonyl (C=O) groups is 1. The van der Waals surface area contributed by atoms with Gasteiger partial charge in [0.25, 0.3) is 0 Å². The number of halogens is 3. The van der Waals surface area contributed by atoms with Gasteiger partial charge in [0.15, 0.2) is 0 Å². The van der Waals surface area contributed by atoms with Crippen molar-refractivity contribution in [2.75, 3.05) is 7.11 Å². The normalized spacial score (nSPS) is 11.4. The largest absolute Gasteiger partial charge is 0.496 e. The molecular weight excluding hydrogens is 277 g/mol. The summed E-state index contributed by atoms with van der Waals surface area (Å²) in [4.78, 5) is 10.7. The second-order valence-electron chi connectivity index (χ2n) is 3.88. The van der Waals surface area contributed by atoms with Crippen LogP contribution in [0.2, 0.25) is 0 Å². The van der Waals surface area contributed by atoms with Crippen LogP contribution in [0.3, 0.4) is 0 Å². The van der Waals surface area contributed by atoms with Gasteiger partial charge in [0.2, 0.25) is 0 Å². The van der Waals surface area contributed by atoms with Crippen molar-refractivity contribution in [2.45, 2.75) is 6.18 Å². The van der Waals surface area contributed by atoms with Crippen LogP contribution in [0, 0.1) is 0 Å². The number of aromatic amines is 1. The van der Waals surface area contributed by atoms with Crippen LogP contribution >= 0.6 is 0 Å². The summed E-state index contributed by atoms with van der Waals surface area (Å²) in [5.41, 5.74) is -0.523. The number of nitrogens with zero attached hydrogens (tertiary/aromatic N) is 1. The molecule has 1 heterocycles. The van der Waals surface area contributed by atoms with Crippen molar-refractivity contribution < 1.29 is 27.8 Å². The van der Waals surface area contributed by atoms with E-state index in [1.165, 1.54) is 12.1 Å². The summed E-state index contributed by atoms with van der Waals surface area (Å²) < 4.78 is 42.8. The Morgan fingerprint density at radius 2 is 2.05 bits per heavy atom. The van der Waals surface area contributed by atoms with Crippen LogP contribution < -0.4 is 4.74 Å². The first kappa shape index (κ1) is 13.9. The zero-order valence-electron chi connectivity index (χ0n) is 10.2. The maximum atomic E-state index is 12.7. The quantitative estimate of drug-likeness (QED) is 0.909. The molecule has 0 bridgehead atoms. The number of H-pyrrole nitrogens is 1. The van der Waals surface area contributed by atoms with Crippen molar-refractivity contribution in [3.63, 3.8) is 0 Å². The molecule has 106 valence electrons. The van der Waals surface area contributed by atoms with Crippen molar-refractivity contribution in [3.05, 3.63) is 35.5 Å². The van der Waals surface area contributed by atoms with Gasteiger partial charge in [-0.15, -0.1) is 0 Å². The summed E-state index contributed by atoms with van der Waals surface area (Å²) in [6.45, 7) is 0. The standard InChI is InChI=1S/C12H9F3N2O3/c1-20-10-4-6(2-3-7(10)12(13,14)15)8-5-9(11(18)19)17-16-8/h2-5H,1H3,(H,16,17)(H,18,19). The van der Waals surface area contributed by atoms with E-state index >= 15 is 0 Å². The van der Waals surface area contributed by atoms with Crippen LogP contribution in [0.5, 0.6) is 5.75 Å². The Kier molecular flexibility index (Phi) is 3.39. The van der Waals surface area contributed by atoms with Crippen molar-refractivity contribution in [3.8, 4) is 17.0 Å². The molecule has 0 unspecified atom stereocenters. The number of benzene rings is 1. The molecule has 0 aliphatic heterocycles. The van der Waals surface area contributed by atoms with Gasteiger partial charge in [-0.3, -0.25) is 5.10 Å². The Morgan fingerprint density at radius 3 is 2.55 bits per heavy atom. The lowest BCUT2D eigenvalue weighted by atomic mass is 10.1. The van der Waals surface area contributed by atoms with Gasteiger partial charge in [-0.1, -0.05) is 6.07 Å². The Bertz CT molecular complexity index is 650. The number of aromatic carboxylic acids is 1. The molecule has 20 heavy (non-hydrogen) atoms. The highest BCUT2D eigenvalue weighted by atomic mass is 19.4. The van der Waals surface area contributed by atoms with E-state index in [4.69, 9.17) is 9.84 Å². The highest BCUT2D eigenvalue weighted by Gasteiger charge is 2.34. The number of hydrogen-bond donors (Lipinski definition) is 2. The number of nitrogens with one attached hydrogen (secondary N) is 1. The van der Waals surface area contributed by atoms with Crippen LogP contribution in [0.15, 0.2) is 24.3 Å². The molecule has 2 rings (SSSR count). The van der Waals surface area contributed by atoms with Crippen molar-refractivity contribution in [2.24, 2.45) is 0 Å². The molecule has 0 fully saturated rings. The van der Waals surface area contributed by atoms with E-state index in [2.05, 4.69) is 10.2 Å². The van der Waals surface area contributed by atoms with Crippen LogP contribution in [0.1, 0.15) is 16.1 Å². The maximum absolute atomic E-state index is 12.7. The Balaban J connectivity index is 2.46. The number of carboxylic acids is 1. The molecule has 0 spiro atoms. The molecule has 0 aliphatic carbocycles. The van der Waals surface area contributed by atoms with Gasteiger partial charge in [-0.05, 0) is 18.2 Å². The Labute approximate surface area is 111 Å². The molecule has 0 radical (unpaired) electrons. The summed E-state index contributed by atoms with van der Waals surface area (Å²) in [6.07, 6.45) is -4.53. The van der Waals surface area contributed by atoms with E-state index in [1.807, 2.05) is 0 Å². The number of alkyl halides is 3. The number of carboxylic acid groups (broad SMARTS) is 1. The molecule has 1 aromatic heterocycles. The fraction of sp³-hybridized carbons (Fsp3) is 0.167. The molecule has 0 aliphatic rings. The number of ether oxygens (including phenoxy) is 1. The van der Waals surface area contributed by atoms with Gasteiger partial charge >= 0.3 is 12.1 Å². The summed E-state index contributed by atoms with van der Waals surface area (Å²) in [5.74, 6) is -1.56. The zero-order chi connectivity index (χ0) is 14.9. The molecule has 0 atom stereocenters. The second kappa shape index (κ2) is 4.87. The first-order valence-electron chi connectivity index (χ1n) is 5.37. The van der Waals surface area contributed by atoms with Crippen LogP contribution in [-0.4, -0.2) is 28.4 Å². The van der Waals surface area contributed by atoms with Gasteiger partial charge in [-0.2, -0.15) is 18.3 Å². The molecule has 2 aromatic rings. The lowest BCUT2D eigenvalue weighted by Crippen LogP contribution is -2.07. The summed E-state index contributed by atoms with van der Waals surface area (Å²) in [7, 11) is 1.13. The van der Waals surface area contributed by atoms with Gasteiger partial charge in [0.1, 0.15) is 11.4 Å². The average Bonchev–Trinajstić information content (AvgIpc) is 2.86. The average molecular weight is 286 g/mol. The van der Waals surface area contributed by atoms with Crippen LogP contribution in [0.25, 0.3) is 11.3 Å². The van der Waals surface area contributed by atoms with E-state index in [1.54, 1.807) is 0 Å². The molecule has 2 N–H and O–H groups in total. The molecule has 1 aromatic carbocycles. The van der Waals surface area contributed by atoms with Gasteiger partial charge in [-0.25, -0.2) is 4.79 Å². The van der Waals surface area contributed by atoms with Gasteiger partial charge in [0.05, 0.1) is 18.4 Å². The van der Waals surface area contributed by atoms with E-state index in [0.29, 0.717) is 5.56 Å². The van der Waals surface area contributed by atoms with Gasteiger partial charge in [0, 0.05) is 5.56 Å². The molecule has 0 amide bonds. The van der Waals surface area contributed by atoms with Crippen LogP contribution in [0.4, 0.5) is 13.2 Å². The fourth-order valence-corrected chi connectivity index (χ4v) is 1.66. The molecule has 5 nitrogen and oxygen atoms in total. The minimum atomic E-state index is -4.53. The Morgan fingerprint density at radius 1 is 1.35 bits per heavy atom. The van der Waals surface area contributed by atoms with Crippen LogP contribution in [-0.2, 0) is 6.18 Å². The minimum Gasteiger partial charge on any atom is -0.496 e. The van der Waals surface area contributed by atoms with Crippen molar-refractivity contribution in [1.82, 2.24) is 10.2 Å². The highest BCUT2D eigenvalue weighted by molar-refractivity contribution is 5.86. The number of aromatic nitrogens is 2. The highest BCUT2D eigenvalue weighted by Crippen LogP contribution is 2.38. The molecular formula is C12H9F3N2O3. The van der Waals surface area contributed by atoms with E-state index < -0.39 is 17.7 Å². The van der Waals surface area contributed by atoms with Gasteiger partial charge < -0.3 is 9.84 Å². The lowest BCUT2D eigenvalue weighted by molar-refractivity contribution is -0.138. The third-order valence-electron chi connectivity index (χ3n) is 2.61. The number of rotatable bonds is 3. The first-order valence-corrected chi connectivity index (χ1v) is 5.37. The maximum Gasteiger partial charge on any atom is 0.419 e. The first-order chi connectivity index (χ1) is 9.32. The van der Waals surface area contributed by atoms with E-state index in [0.717, 1.165) is 19.2 Å². The smallest absolute Gasteiger partial charge is 0.419 e. The summed E-state index contributed by atoms with van der Waals surface area (Å²) in [6, 6.07) is 4.45. The summed E-state index contributed by atoms with van der Waals surface area (Å²) in [5, 5.41) is 14.8. The fourth-order valence-electron chi connectivity index (χ4n) is 1.66. The molecule has 8 heteroatoms. The second-order valence-corrected chi connectivity index (χ2v) is 3.88. The molecule has 0 saturated heterocycles. The predicted octanol–water partition coefficient (Wildman–Crippen LogP) is 2.80. The third kappa shape index (κ3) is 2.58. The SMILES string of the molecule is COc1cc(-c2cc(C(=O)O)[nH]n2)ccc1C(F)(F)F. The van der Waals surface area contributed by atoms with Crippen molar-refractivity contribution in [1.29, 1.82) is 0 Å². The predicted molar refractivity (Wildman–Crippen MR) is 62.5 cm³/mol. The number of hydrogen-bond acceptors (Lipinski definition) is 3. The minimum absolute atomic E-state index is 0.154.